The Bertz CT molecular complexity index is 835. The summed E-state index contributed by atoms with van der Waals surface area (Å²) in [6.07, 6.45) is 5.86. The third-order valence-electron chi connectivity index (χ3n) is 5.34. The SMILES string of the molecule is Cc1ccc2ncc(CN3CCC(C(O)c4ccccc4)CC3)n2c1. The first kappa shape index (κ1) is 16.3. The summed E-state index contributed by atoms with van der Waals surface area (Å²) in [5.41, 5.74) is 4.53. The van der Waals surface area contributed by atoms with Crippen molar-refractivity contribution in [3.8, 4) is 0 Å². The highest BCUT2D eigenvalue weighted by molar-refractivity contribution is 5.41. The molecule has 1 fully saturated rings. The third kappa shape index (κ3) is 3.46. The smallest absolute Gasteiger partial charge is 0.136 e. The summed E-state index contributed by atoms with van der Waals surface area (Å²) < 4.78 is 2.19. The van der Waals surface area contributed by atoms with Crippen LogP contribution in [0.5, 0.6) is 0 Å². The van der Waals surface area contributed by atoms with Crippen LogP contribution >= 0.6 is 0 Å². The monoisotopic (exact) mass is 335 g/mol. The second-order valence-electron chi connectivity index (χ2n) is 7.15. The maximum Gasteiger partial charge on any atom is 0.136 e. The molecule has 1 aliphatic heterocycles. The van der Waals surface area contributed by atoms with Crippen LogP contribution in [0.25, 0.3) is 5.65 Å². The van der Waals surface area contributed by atoms with Gasteiger partial charge in [-0.05, 0) is 56.0 Å². The Morgan fingerprint density at radius 1 is 1.12 bits per heavy atom. The van der Waals surface area contributed by atoms with Gasteiger partial charge in [0.1, 0.15) is 5.65 Å². The Morgan fingerprint density at radius 3 is 2.64 bits per heavy atom. The number of hydrogen-bond donors (Lipinski definition) is 1. The van der Waals surface area contributed by atoms with Crippen LogP contribution < -0.4 is 0 Å². The largest absolute Gasteiger partial charge is 0.388 e. The van der Waals surface area contributed by atoms with E-state index in [-0.39, 0.29) is 6.10 Å². The average molecular weight is 335 g/mol. The molecule has 0 radical (unpaired) electrons. The van der Waals surface area contributed by atoms with Crippen molar-refractivity contribution in [3.05, 3.63) is 71.7 Å². The Hall–Kier alpha value is -2.17. The number of pyridine rings is 1. The fourth-order valence-electron chi connectivity index (χ4n) is 3.83. The van der Waals surface area contributed by atoms with Crippen molar-refractivity contribution in [2.24, 2.45) is 5.92 Å². The molecule has 4 heteroatoms. The van der Waals surface area contributed by atoms with Gasteiger partial charge in [-0.1, -0.05) is 36.4 Å². The van der Waals surface area contributed by atoms with Crippen molar-refractivity contribution in [2.45, 2.75) is 32.4 Å². The van der Waals surface area contributed by atoms with Gasteiger partial charge >= 0.3 is 0 Å². The van der Waals surface area contributed by atoms with E-state index in [4.69, 9.17) is 0 Å². The van der Waals surface area contributed by atoms with E-state index in [0.29, 0.717) is 5.92 Å². The molecule has 1 atom stereocenters. The highest BCUT2D eigenvalue weighted by Crippen LogP contribution is 2.31. The van der Waals surface area contributed by atoms with Gasteiger partial charge in [0.2, 0.25) is 0 Å². The number of piperidine rings is 1. The molecule has 1 unspecified atom stereocenters. The van der Waals surface area contributed by atoms with Gasteiger partial charge in [-0.2, -0.15) is 0 Å². The fourth-order valence-corrected chi connectivity index (χ4v) is 3.83. The number of aryl methyl sites for hydroxylation is 1. The summed E-state index contributed by atoms with van der Waals surface area (Å²) in [7, 11) is 0. The Labute approximate surface area is 148 Å². The van der Waals surface area contributed by atoms with Crippen molar-refractivity contribution in [2.75, 3.05) is 13.1 Å². The fraction of sp³-hybridized carbons (Fsp3) is 0.381. The molecule has 1 aromatic carbocycles. The molecule has 4 nitrogen and oxygen atoms in total. The summed E-state index contributed by atoms with van der Waals surface area (Å²) >= 11 is 0. The summed E-state index contributed by atoms with van der Waals surface area (Å²) in [5.74, 6) is 0.350. The first-order valence-corrected chi connectivity index (χ1v) is 9.08. The molecule has 0 amide bonds. The van der Waals surface area contributed by atoms with E-state index in [1.54, 1.807) is 0 Å². The van der Waals surface area contributed by atoms with Gasteiger partial charge in [-0.15, -0.1) is 0 Å². The summed E-state index contributed by atoms with van der Waals surface area (Å²) in [5, 5.41) is 10.6. The standard InChI is InChI=1S/C21H25N3O/c1-16-7-8-20-22-13-19(24(20)14-16)15-23-11-9-18(10-12-23)21(25)17-5-3-2-4-6-17/h2-8,13-14,18,21,25H,9-12,15H2,1H3. The number of imidazole rings is 1. The van der Waals surface area contributed by atoms with Gasteiger partial charge in [-0.25, -0.2) is 4.98 Å². The van der Waals surface area contributed by atoms with Crippen LogP contribution in [0.15, 0.2) is 54.9 Å². The average Bonchev–Trinajstić information content (AvgIpc) is 3.04. The normalized spacial score (nSPS) is 17.8. The maximum absolute atomic E-state index is 10.6. The molecular weight excluding hydrogens is 310 g/mol. The van der Waals surface area contributed by atoms with Crippen LogP contribution in [0.3, 0.4) is 0 Å². The molecule has 0 bridgehead atoms. The number of rotatable bonds is 4. The Kier molecular flexibility index (Phi) is 4.55. The minimum Gasteiger partial charge on any atom is -0.388 e. The summed E-state index contributed by atoms with van der Waals surface area (Å²) in [4.78, 5) is 6.98. The van der Waals surface area contributed by atoms with E-state index in [9.17, 15) is 5.11 Å². The van der Waals surface area contributed by atoms with Crippen molar-refractivity contribution in [1.29, 1.82) is 0 Å². The molecule has 25 heavy (non-hydrogen) atoms. The molecule has 130 valence electrons. The van der Waals surface area contributed by atoms with Gasteiger partial charge in [0, 0.05) is 12.7 Å². The minimum atomic E-state index is -0.346. The van der Waals surface area contributed by atoms with Crippen LogP contribution in [0.4, 0.5) is 0 Å². The zero-order valence-electron chi connectivity index (χ0n) is 14.7. The van der Waals surface area contributed by atoms with E-state index in [1.165, 1.54) is 11.3 Å². The predicted octanol–water partition coefficient (Wildman–Crippen LogP) is 3.59. The quantitative estimate of drug-likeness (QED) is 0.792. The van der Waals surface area contributed by atoms with Crippen LogP contribution in [0, 0.1) is 12.8 Å². The van der Waals surface area contributed by atoms with Crippen LogP contribution in [-0.2, 0) is 6.54 Å². The zero-order chi connectivity index (χ0) is 17.2. The van der Waals surface area contributed by atoms with Crippen molar-refractivity contribution in [3.63, 3.8) is 0 Å². The third-order valence-corrected chi connectivity index (χ3v) is 5.34. The van der Waals surface area contributed by atoms with Crippen molar-refractivity contribution in [1.82, 2.24) is 14.3 Å². The molecular formula is C21H25N3O. The number of likely N-dealkylation sites (tertiary alicyclic amines) is 1. The number of benzene rings is 1. The molecule has 3 aromatic rings. The highest BCUT2D eigenvalue weighted by atomic mass is 16.3. The number of fused-ring (bicyclic) bond motifs is 1. The first-order valence-electron chi connectivity index (χ1n) is 9.08. The number of hydrogen-bond acceptors (Lipinski definition) is 3. The molecule has 3 heterocycles. The molecule has 0 spiro atoms. The van der Waals surface area contributed by atoms with Crippen molar-refractivity contribution >= 4 is 5.65 Å². The summed E-state index contributed by atoms with van der Waals surface area (Å²) in [6, 6.07) is 14.2. The molecule has 4 rings (SSSR count). The van der Waals surface area contributed by atoms with E-state index < -0.39 is 0 Å². The van der Waals surface area contributed by atoms with E-state index in [0.717, 1.165) is 43.7 Å². The predicted molar refractivity (Wildman–Crippen MR) is 99.3 cm³/mol. The lowest BCUT2D eigenvalue weighted by molar-refractivity contribution is 0.0564. The number of nitrogens with zero attached hydrogens (tertiary/aromatic N) is 3. The Morgan fingerprint density at radius 2 is 1.88 bits per heavy atom. The van der Waals surface area contributed by atoms with Gasteiger partial charge in [0.05, 0.1) is 18.0 Å². The van der Waals surface area contributed by atoms with Gasteiger partial charge in [0.15, 0.2) is 0 Å². The molecule has 0 aliphatic carbocycles. The second-order valence-corrected chi connectivity index (χ2v) is 7.15. The molecule has 0 saturated carbocycles. The maximum atomic E-state index is 10.6. The molecule has 1 N–H and O–H groups in total. The van der Waals surface area contributed by atoms with Gasteiger partial charge < -0.3 is 9.51 Å². The van der Waals surface area contributed by atoms with Crippen LogP contribution in [0.1, 0.15) is 35.8 Å². The van der Waals surface area contributed by atoms with Gasteiger partial charge in [-0.3, -0.25) is 4.90 Å². The van der Waals surface area contributed by atoms with Crippen LogP contribution in [-0.4, -0.2) is 32.5 Å². The minimum absolute atomic E-state index is 0.346. The number of aromatic nitrogens is 2. The Balaban J connectivity index is 1.39. The lowest BCUT2D eigenvalue weighted by Gasteiger charge is -2.34. The number of aliphatic hydroxyl groups is 1. The van der Waals surface area contributed by atoms with E-state index in [1.807, 2.05) is 36.5 Å². The first-order chi connectivity index (χ1) is 12.2. The topological polar surface area (TPSA) is 40.8 Å². The van der Waals surface area contributed by atoms with Crippen molar-refractivity contribution < 1.29 is 5.11 Å². The second kappa shape index (κ2) is 6.98. The van der Waals surface area contributed by atoms with E-state index in [2.05, 4.69) is 39.5 Å². The lowest BCUT2D eigenvalue weighted by Crippen LogP contribution is -2.35. The molecule has 2 aromatic heterocycles. The van der Waals surface area contributed by atoms with Crippen LogP contribution in [0.2, 0.25) is 0 Å². The highest BCUT2D eigenvalue weighted by Gasteiger charge is 2.26. The lowest BCUT2D eigenvalue weighted by atomic mass is 9.87. The number of aliphatic hydroxyl groups excluding tert-OH is 1. The zero-order valence-corrected chi connectivity index (χ0v) is 14.7. The summed E-state index contributed by atoms with van der Waals surface area (Å²) in [6.45, 7) is 5.07. The van der Waals surface area contributed by atoms with Gasteiger partial charge in [0.25, 0.3) is 0 Å². The van der Waals surface area contributed by atoms with E-state index >= 15 is 0 Å². The molecule has 1 aliphatic rings. The molecule has 1 saturated heterocycles.